The molecule has 0 bridgehead atoms. The minimum absolute atomic E-state index is 0.0531. The minimum atomic E-state index is -0.0531. The van der Waals surface area contributed by atoms with Crippen molar-refractivity contribution in [1.82, 2.24) is 0 Å². The number of para-hydroxylation sites is 1. The highest BCUT2D eigenvalue weighted by Gasteiger charge is 2.40. The van der Waals surface area contributed by atoms with E-state index in [0.717, 1.165) is 25.2 Å². The molecule has 1 heterocycles. The van der Waals surface area contributed by atoms with Crippen molar-refractivity contribution in [2.75, 3.05) is 13.2 Å². The van der Waals surface area contributed by atoms with Gasteiger partial charge >= 0.3 is 0 Å². The molecule has 152 valence electrons. The Labute approximate surface area is 167 Å². The van der Waals surface area contributed by atoms with Gasteiger partial charge in [-0.2, -0.15) is 0 Å². The van der Waals surface area contributed by atoms with Gasteiger partial charge in [-0.1, -0.05) is 88.6 Å². The predicted octanol–water partition coefficient (Wildman–Crippen LogP) is 7.26. The highest BCUT2D eigenvalue weighted by atomic mass is 16.6. The Bertz CT molecular complexity index is 531. The lowest BCUT2D eigenvalue weighted by atomic mass is 10.1. The van der Waals surface area contributed by atoms with Crippen molar-refractivity contribution in [3.05, 3.63) is 42.0 Å². The zero-order chi connectivity index (χ0) is 19.2. The van der Waals surface area contributed by atoms with E-state index >= 15 is 0 Å². The molecule has 2 heteroatoms. The van der Waals surface area contributed by atoms with E-state index in [1.165, 1.54) is 69.8 Å². The Morgan fingerprint density at radius 3 is 2.26 bits per heavy atom. The van der Waals surface area contributed by atoms with E-state index in [1.807, 2.05) is 0 Å². The number of benzene rings is 1. The van der Waals surface area contributed by atoms with Gasteiger partial charge < -0.3 is 9.47 Å². The monoisotopic (exact) mass is 372 g/mol. The van der Waals surface area contributed by atoms with Crippen molar-refractivity contribution in [3.63, 3.8) is 0 Å². The molecule has 2 nitrogen and oxygen atoms in total. The Hall–Kier alpha value is -1.28. The fourth-order valence-corrected chi connectivity index (χ4v) is 3.34. The summed E-state index contributed by atoms with van der Waals surface area (Å²) in [5, 5.41) is 0. The molecule has 0 aliphatic carbocycles. The van der Waals surface area contributed by atoms with E-state index in [1.54, 1.807) is 0 Å². The van der Waals surface area contributed by atoms with Crippen molar-refractivity contribution < 1.29 is 9.47 Å². The third kappa shape index (κ3) is 10.0. The molecule has 1 unspecified atom stereocenters. The van der Waals surface area contributed by atoms with Gasteiger partial charge in [0.15, 0.2) is 0 Å². The smallest absolute Gasteiger partial charge is 0.123 e. The SMILES string of the molecule is CCCCCCCCCCC/C=C/CCc1ccccc1OCC1(C)CO1. The van der Waals surface area contributed by atoms with Gasteiger partial charge in [0.1, 0.15) is 18.0 Å². The third-order valence-electron chi connectivity index (χ3n) is 5.36. The van der Waals surface area contributed by atoms with Crippen molar-refractivity contribution in [2.24, 2.45) is 0 Å². The van der Waals surface area contributed by atoms with Crippen LogP contribution in [-0.4, -0.2) is 18.8 Å². The fourth-order valence-electron chi connectivity index (χ4n) is 3.34. The summed E-state index contributed by atoms with van der Waals surface area (Å²) in [5.74, 6) is 1.02. The first kappa shape index (κ1) is 22.0. The van der Waals surface area contributed by atoms with E-state index in [-0.39, 0.29) is 5.60 Å². The summed E-state index contributed by atoms with van der Waals surface area (Å²) in [5.41, 5.74) is 1.25. The second kappa shape index (κ2) is 13.0. The molecule has 1 atom stereocenters. The van der Waals surface area contributed by atoms with Crippen molar-refractivity contribution in [2.45, 2.75) is 96.5 Å². The normalized spacial score (nSPS) is 18.9. The van der Waals surface area contributed by atoms with E-state index in [4.69, 9.17) is 9.47 Å². The molecule has 2 rings (SSSR count). The maximum Gasteiger partial charge on any atom is 0.123 e. The summed E-state index contributed by atoms with van der Waals surface area (Å²) in [6.45, 7) is 5.85. The molecule has 1 fully saturated rings. The van der Waals surface area contributed by atoms with Crippen LogP contribution in [0.5, 0.6) is 5.75 Å². The number of ether oxygens (including phenoxy) is 2. The molecule has 0 radical (unpaired) electrons. The molecular formula is C25H40O2. The first-order valence-electron chi connectivity index (χ1n) is 11.2. The quantitative estimate of drug-likeness (QED) is 0.173. The van der Waals surface area contributed by atoms with Crippen LogP contribution in [0, 0.1) is 0 Å². The van der Waals surface area contributed by atoms with Gasteiger partial charge in [-0.15, -0.1) is 0 Å². The molecule has 27 heavy (non-hydrogen) atoms. The van der Waals surface area contributed by atoms with E-state index in [9.17, 15) is 0 Å². The molecule has 0 spiro atoms. The lowest BCUT2D eigenvalue weighted by Crippen LogP contribution is -2.17. The number of unbranched alkanes of at least 4 members (excludes halogenated alkanes) is 9. The molecule has 0 aromatic heterocycles. The summed E-state index contributed by atoms with van der Waals surface area (Å²) in [6, 6.07) is 8.41. The zero-order valence-corrected chi connectivity index (χ0v) is 17.7. The highest BCUT2D eigenvalue weighted by molar-refractivity contribution is 5.33. The number of rotatable bonds is 16. The average molecular weight is 373 g/mol. The Balaban J connectivity index is 1.49. The molecule has 1 aliphatic rings. The predicted molar refractivity (Wildman–Crippen MR) is 116 cm³/mol. The zero-order valence-electron chi connectivity index (χ0n) is 17.7. The van der Waals surface area contributed by atoms with Gasteiger partial charge in [0.05, 0.1) is 6.61 Å². The van der Waals surface area contributed by atoms with E-state index in [2.05, 4.69) is 50.3 Å². The average Bonchev–Trinajstić information content (AvgIpc) is 3.42. The largest absolute Gasteiger partial charge is 0.490 e. The molecule has 1 aliphatic heterocycles. The van der Waals surface area contributed by atoms with Gasteiger partial charge in [0, 0.05) is 0 Å². The van der Waals surface area contributed by atoms with Crippen LogP contribution in [0.4, 0.5) is 0 Å². The fraction of sp³-hybridized carbons (Fsp3) is 0.680. The highest BCUT2D eigenvalue weighted by Crippen LogP contribution is 2.28. The summed E-state index contributed by atoms with van der Waals surface area (Å²) in [7, 11) is 0. The van der Waals surface area contributed by atoms with Crippen molar-refractivity contribution in [1.29, 1.82) is 0 Å². The van der Waals surface area contributed by atoms with Gasteiger partial charge in [-0.3, -0.25) is 0 Å². The molecule has 1 aromatic rings. The lowest BCUT2D eigenvalue weighted by Gasteiger charge is -2.12. The van der Waals surface area contributed by atoms with Crippen LogP contribution in [0.3, 0.4) is 0 Å². The van der Waals surface area contributed by atoms with Gasteiger partial charge in [-0.25, -0.2) is 0 Å². The van der Waals surface area contributed by atoms with Crippen LogP contribution in [0.15, 0.2) is 36.4 Å². The number of hydrogen-bond donors (Lipinski definition) is 0. The number of allylic oxidation sites excluding steroid dienone is 2. The van der Waals surface area contributed by atoms with Gasteiger partial charge in [0.25, 0.3) is 0 Å². The van der Waals surface area contributed by atoms with Crippen LogP contribution in [0.2, 0.25) is 0 Å². The van der Waals surface area contributed by atoms with Gasteiger partial charge in [0.2, 0.25) is 0 Å². The van der Waals surface area contributed by atoms with E-state index < -0.39 is 0 Å². The van der Waals surface area contributed by atoms with E-state index in [0.29, 0.717) is 6.61 Å². The number of epoxide rings is 1. The van der Waals surface area contributed by atoms with Gasteiger partial charge in [-0.05, 0) is 44.2 Å². The maximum absolute atomic E-state index is 5.98. The summed E-state index contributed by atoms with van der Waals surface area (Å²) in [4.78, 5) is 0. The Kier molecular flexibility index (Phi) is 10.6. The second-order valence-electron chi connectivity index (χ2n) is 8.26. The molecule has 1 aromatic carbocycles. The first-order valence-corrected chi connectivity index (χ1v) is 11.2. The number of hydrogen-bond acceptors (Lipinski definition) is 2. The summed E-state index contributed by atoms with van der Waals surface area (Å²) in [6.07, 6.45) is 20.7. The lowest BCUT2D eigenvalue weighted by molar-refractivity contribution is 0.201. The molecule has 0 amide bonds. The van der Waals surface area contributed by atoms with Crippen molar-refractivity contribution >= 4 is 0 Å². The Morgan fingerprint density at radius 2 is 1.56 bits per heavy atom. The number of aryl methyl sites for hydroxylation is 1. The topological polar surface area (TPSA) is 21.8 Å². The third-order valence-corrected chi connectivity index (χ3v) is 5.36. The van der Waals surface area contributed by atoms with Crippen LogP contribution in [0.1, 0.15) is 90.0 Å². The molecule has 0 saturated carbocycles. The first-order chi connectivity index (χ1) is 13.2. The Morgan fingerprint density at radius 1 is 0.926 bits per heavy atom. The standard InChI is InChI=1S/C25H40O2/c1-3-4-5-6-7-8-9-10-11-12-13-14-15-18-23-19-16-17-20-24(23)26-21-25(2)22-27-25/h13-14,16-17,19-20H,3-12,15,18,21-22H2,1-2H3/b14-13+. The molecular weight excluding hydrogens is 332 g/mol. The molecule has 0 N–H and O–H groups in total. The minimum Gasteiger partial charge on any atom is -0.490 e. The van der Waals surface area contributed by atoms with Crippen LogP contribution in [0.25, 0.3) is 0 Å². The maximum atomic E-state index is 5.98. The second-order valence-corrected chi connectivity index (χ2v) is 8.26. The molecule has 1 saturated heterocycles. The van der Waals surface area contributed by atoms with Crippen LogP contribution in [-0.2, 0) is 11.2 Å². The van der Waals surface area contributed by atoms with Crippen molar-refractivity contribution in [3.8, 4) is 5.75 Å². The summed E-state index contributed by atoms with van der Waals surface area (Å²) < 4.78 is 11.4. The van der Waals surface area contributed by atoms with Crippen LogP contribution < -0.4 is 4.74 Å². The summed E-state index contributed by atoms with van der Waals surface area (Å²) >= 11 is 0. The van der Waals surface area contributed by atoms with Crippen LogP contribution >= 0.6 is 0 Å².